The quantitative estimate of drug-likeness (QED) is 0.832. The van der Waals surface area contributed by atoms with E-state index in [4.69, 9.17) is 0 Å². The Balaban J connectivity index is 2.97. The van der Waals surface area contributed by atoms with Crippen LogP contribution in [0, 0.1) is 11.7 Å². The van der Waals surface area contributed by atoms with Gasteiger partial charge in [-0.3, -0.25) is 0 Å². The highest BCUT2D eigenvalue weighted by molar-refractivity contribution is 5.20. The number of nitrogens with zero attached hydrogens (tertiary/aromatic N) is 1. The summed E-state index contributed by atoms with van der Waals surface area (Å²) in [7, 11) is 3.96. The van der Waals surface area contributed by atoms with Gasteiger partial charge in [0.1, 0.15) is 5.82 Å². The summed E-state index contributed by atoms with van der Waals surface area (Å²) < 4.78 is 12.9. The fraction of sp³-hybridized carbons (Fsp3) is 0.538. The molecule has 0 bridgehead atoms. The van der Waals surface area contributed by atoms with Crippen molar-refractivity contribution in [2.75, 3.05) is 20.7 Å². The van der Waals surface area contributed by atoms with Crippen LogP contribution in [0.1, 0.15) is 24.9 Å². The predicted molar refractivity (Wildman–Crippen MR) is 63.7 cm³/mol. The minimum absolute atomic E-state index is 0.135. The Morgan fingerprint density at radius 3 is 2.19 bits per heavy atom. The highest BCUT2D eigenvalue weighted by Gasteiger charge is 2.23. The van der Waals surface area contributed by atoms with E-state index in [1.54, 1.807) is 12.1 Å². The molecule has 2 unspecified atom stereocenters. The van der Waals surface area contributed by atoms with Crippen molar-refractivity contribution >= 4 is 0 Å². The lowest BCUT2D eigenvalue weighted by Gasteiger charge is -2.31. The molecule has 0 aliphatic carbocycles. The van der Waals surface area contributed by atoms with Crippen molar-refractivity contribution in [3.8, 4) is 0 Å². The molecule has 0 saturated heterocycles. The number of aliphatic hydroxyl groups excluding tert-OH is 1. The molecule has 0 saturated carbocycles. The summed E-state index contributed by atoms with van der Waals surface area (Å²) in [5, 5.41) is 9.36. The molecular formula is C13H20FNO. The van der Waals surface area contributed by atoms with E-state index in [0.717, 1.165) is 12.0 Å². The van der Waals surface area contributed by atoms with Crippen LogP contribution in [0.3, 0.4) is 0 Å². The van der Waals surface area contributed by atoms with Crippen LogP contribution in [-0.4, -0.2) is 30.7 Å². The number of rotatable bonds is 5. The maximum absolute atomic E-state index is 12.9. The molecule has 0 aromatic heterocycles. The van der Waals surface area contributed by atoms with Gasteiger partial charge in [0.2, 0.25) is 0 Å². The molecule has 2 nitrogen and oxygen atoms in total. The van der Waals surface area contributed by atoms with Crippen LogP contribution in [-0.2, 0) is 0 Å². The molecule has 0 fully saturated rings. The molecule has 3 heteroatoms. The third-order valence-electron chi connectivity index (χ3n) is 2.97. The van der Waals surface area contributed by atoms with Crippen molar-refractivity contribution in [2.24, 2.45) is 5.92 Å². The molecule has 1 aromatic carbocycles. The zero-order valence-corrected chi connectivity index (χ0v) is 10.2. The van der Waals surface area contributed by atoms with Gasteiger partial charge in [-0.15, -0.1) is 0 Å². The Hall–Kier alpha value is -0.930. The van der Waals surface area contributed by atoms with Crippen LogP contribution in [0.2, 0.25) is 0 Å². The Bertz CT molecular complexity index is 306. The van der Waals surface area contributed by atoms with Crippen molar-refractivity contribution in [1.29, 1.82) is 0 Å². The summed E-state index contributed by atoms with van der Waals surface area (Å²) in [6.45, 7) is 2.21. The number of aliphatic hydroxyl groups is 1. The summed E-state index contributed by atoms with van der Waals surface area (Å²) in [4.78, 5) is 2.07. The third kappa shape index (κ3) is 3.03. The van der Waals surface area contributed by atoms with Crippen molar-refractivity contribution in [3.05, 3.63) is 35.6 Å². The molecule has 0 aliphatic rings. The maximum Gasteiger partial charge on any atom is 0.123 e. The maximum atomic E-state index is 12.9. The predicted octanol–water partition coefficient (Wildman–Crippen LogP) is 2.45. The first-order valence-electron chi connectivity index (χ1n) is 5.62. The van der Waals surface area contributed by atoms with Gasteiger partial charge in [-0.1, -0.05) is 19.1 Å². The molecule has 0 spiro atoms. The molecule has 0 aliphatic heterocycles. The van der Waals surface area contributed by atoms with Crippen molar-refractivity contribution in [1.82, 2.24) is 4.90 Å². The molecule has 16 heavy (non-hydrogen) atoms. The van der Waals surface area contributed by atoms with Gasteiger partial charge in [0.05, 0.1) is 0 Å². The highest BCUT2D eigenvalue weighted by Crippen LogP contribution is 2.28. The van der Waals surface area contributed by atoms with E-state index in [1.807, 2.05) is 14.1 Å². The van der Waals surface area contributed by atoms with Gasteiger partial charge in [0.15, 0.2) is 0 Å². The van der Waals surface area contributed by atoms with Gasteiger partial charge >= 0.3 is 0 Å². The van der Waals surface area contributed by atoms with Crippen molar-refractivity contribution in [2.45, 2.75) is 19.4 Å². The standard InChI is InChI=1S/C13H20FNO/c1-4-10(9-16)13(15(2)3)11-5-7-12(14)8-6-11/h5-8,10,13,16H,4,9H2,1-3H3. The van der Waals surface area contributed by atoms with E-state index in [0.29, 0.717) is 0 Å². The summed E-state index contributed by atoms with van der Waals surface area (Å²) in [6, 6.07) is 6.65. The van der Waals surface area contributed by atoms with Gasteiger partial charge in [0.25, 0.3) is 0 Å². The summed E-state index contributed by atoms with van der Waals surface area (Å²) in [5.41, 5.74) is 1.05. The van der Waals surface area contributed by atoms with E-state index in [-0.39, 0.29) is 24.4 Å². The van der Waals surface area contributed by atoms with Gasteiger partial charge < -0.3 is 10.0 Å². The third-order valence-corrected chi connectivity index (χ3v) is 2.97. The van der Waals surface area contributed by atoms with Gasteiger partial charge in [-0.2, -0.15) is 0 Å². The number of halogens is 1. The SMILES string of the molecule is CCC(CO)C(c1ccc(F)cc1)N(C)C. The number of hydrogen-bond donors (Lipinski definition) is 1. The van der Waals surface area contributed by atoms with Crippen LogP contribution in [0.4, 0.5) is 4.39 Å². The van der Waals surface area contributed by atoms with Crippen molar-refractivity contribution < 1.29 is 9.50 Å². The first-order valence-corrected chi connectivity index (χ1v) is 5.62. The summed E-state index contributed by atoms with van der Waals surface area (Å²) in [5.74, 6) is -0.0428. The second kappa shape index (κ2) is 5.97. The monoisotopic (exact) mass is 225 g/mol. The molecule has 1 aromatic rings. The summed E-state index contributed by atoms with van der Waals surface area (Å²) >= 11 is 0. The van der Waals surface area contributed by atoms with E-state index < -0.39 is 0 Å². The average Bonchev–Trinajstić information content (AvgIpc) is 2.27. The van der Waals surface area contributed by atoms with Crippen LogP contribution in [0.5, 0.6) is 0 Å². The smallest absolute Gasteiger partial charge is 0.123 e. The highest BCUT2D eigenvalue weighted by atomic mass is 19.1. The Morgan fingerprint density at radius 1 is 1.25 bits per heavy atom. The lowest BCUT2D eigenvalue weighted by Crippen LogP contribution is -2.29. The van der Waals surface area contributed by atoms with Crippen LogP contribution in [0.15, 0.2) is 24.3 Å². The van der Waals surface area contributed by atoms with Crippen LogP contribution >= 0.6 is 0 Å². The molecule has 2 atom stereocenters. The lowest BCUT2D eigenvalue weighted by atomic mass is 9.90. The minimum atomic E-state index is -0.224. The van der Waals surface area contributed by atoms with E-state index in [9.17, 15) is 9.50 Å². The fourth-order valence-corrected chi connectivity index (χ4v) is 2.10. The normalized spacial score (nSPS) is 15.1. The minimum Gasteiger partial charge on any atom is -0.396 e. The summed E-state index contributed by atoms with van der Waals surface area (Å²) in [6.07, 6.45) is 0.900. The fourth-order valence-electron chi connectivity index (χ4n) is 2.10. The van der Waals surface area contributed by atoms with Gasteiger partial charge in [-0.05, 0) is 38.2 Å². The molecule has 0 radical (unpaired) electrons. The van der Waals surface area contributed by atoms with E-state index in [2.05, 4.69) is 11.8 Å². The topological polar surface area (TPSA) is 23.5 Å². The number of hydrogen-bond acceptors (Lipinski definition) is 2. The zero-order chi connectivity index (χ0) is 12.1. The van der Waals surface area contributed by atoms with Crippen LogP contribution in [0.25, 0.3) is 0 Å². The largest absolute Gasteiger partial charge is 0.396 e. The number of benzene rings is 1. The zero-order valence-electron chi connectivity index (χ0n) is 10.2. The lowest BCUT2D eigenvalue weighted by molar-refractivity contribution is 0.130. The average molecular weight is 225 g/mol. The van der Waals surface area contributed by atoms with E-state index in [1.165, 1.54) is 12.1 Å². The van der Waals surface area contributed by atoms with Crippen LogP contribution < -0.4 is 0 Å². The van der Waals surface area contributed by atoms with Gasteiger partial charge in [-0.25, -0.2) is 4.39 Å². The van der Waals surface area contributed by atoms with Gasteiger partial charge in [0, 0.05) is 18.6 Å². The van der Waals surface area contributed by atoms with E-state index >= 15 is 0 Å². The first-order chi connectivity index (χ1) is 7.60. The molecule has 1 rings (SSSR count). The Labute approximate surface area is 96.7 Å². The second-order valence-electron chi connectivity index (χ2n) is 4.31. The molecular weight excluding hydrogens is 205 g/mol. The molecule has 0 amide bonds. The molecule has 1 N–H and O–H groups in total. The Morgan fingerprint density at radius 2 is 1.81 bits per heavy atom. The molecule has 90 valence electrons. The first kappa shape index (κ1) is 13.1. The van der Waals surface area contributed by atoms with Crippen molar-refractivity contribution in [3.63, 3.8) is 0 Å². The molecule has 0 heterocycles. The Kier molecular flexibility index (Phi) is 4.90. The second-order valence-corrected chi connectivity index (χ2v) is 4.31.